The van der Waals surface area contributed by atoms with Crippen LogP contribution in [-0.2, 0) is 0 Å². The summed E-state index contributed by atoms with van der Waals surface area (Å²) in [6.07, 6.45) is 5.38. The van der Waals surface area contributed by atoms with E-state index in [1.807, 2.05) is 54.6 Å². The molecule has 0 unspecified atom stereocenters. The van der Waals surface area contributed by atoms with E-state index in [0.717, 1.165) is 33.8 Å². The standard InChI is InChI=1S/C21H14N3/c1-4-10-22-19(7-1)16-13-17(20-8-2-5-11-23-20)15-18(14-16)21-9-3-6-12-24-21/h1-14H. The zero-order chi connectivity index (χ0) is 16.2. The second-order valence-corrected chi connectivity index (χ2v) is 5.34. The Morgan fingerprint density at radius 1 is 0.542 bits per heavy atom. The Kier molecular flexibility index (Phi) is 3.82. The minimum absolute atomic E-state index is 0.882. The summed E-state index contributed by atoms with van der Waals surface area (Å²) < 4.78 is 0. The van der Waals surface area contributed by atoms with Gasteiger partial charge < -0.3 is 0 Å². The van der Waals surface area contributed by atoms with Crippen molar-refractivity contribution in [2.45, 2.75) is 0 Å². The summed E-state index contributed by atoms with van der Waals surface area (Å²) in [5.74, 6) is 0. The molecule has 4 rings (SSSR count). The third-order valence-electron chi connectivity index (χ3n) is 3.71. The lowest BCUT2D eigenvalue weighted by Crippen LogP contribution is -1.90. The highest BCUT2D eigenvalue weighted by atomic mass is 14.7. The van der Waals surface area contributed by atoms with Crippen LogP contribution in [0.5, 0.6) is 0 Å². The van der Waals surface area contributed by atoms with Gasteiger partial charge in [-0.25, -0.2) is 0 Å². The van der Waals surface area contributed by atoms with Crippen molar-refractivity contribution in [3.8, 4) is 33.8 Å². The highest BCUT2D eigenvalue weighted by Crippen LogP contribution is 2.29. The van der Waals surface area contributed by atoms with Gasteiger partial charge in [0.2, 0.25) is 0 Å². The molecular formula is C21H14N3. The number of rotatable bonds is 3. The molecule has 1 aromatic carbocycles. The van der Waals surface area contributed by atoms with E-state index < -0.39 is 0 Å². The maximum absolute atomic E-state index is 4.46. The molecule has 0 aliphatic heterocycles. The molecule has 113 valence electrons. The predicted molar refractivity (Wildman–Crippen MR) is 95.0 cm³/mol. The first kappa shape index (κ1) is 14.3. The molecular weight excluding hydrogens is 294 g/mol. The van der Waals surface area contributed by atoms with Crippen molar-refractivity contribution in [3.63, 3.8) is 0 Å². The van der Waals surface area contributed by atoms with Gasteiger partial charge in [-0.1, -0.05) is 18.2 Å². The summed E-state index contributed by atoms with van der Waals surface area (Å²) in [6.45, 7) is 0. The lowest BCUT2D eigenvalue weighted by atomic mass is 9.99. The van der Waals surface area contributed by atoms with E-state index in [9.17, 15) is 0 Å². The van der Waals surface area contributed by atoms with Crippen LogP contribution in [0.15, 0.2) is 85.3 Å². The Morgan fingerprint density at radius 3 is 1.42 bits per heavy atom. The SMILES string of the molecule is [c]1c(-c2ccccn2)cc(-c2ccccn2)cc1-c1ccccn1. The van der Waals surface area contributed by atoms with Crippen molar-refractivity contribution in [2.24, 2.45) is 0 Å². The van der Waals surface area contributed by atoms with Gasteiger partial charge in [0.15, 0.2) is 0 Å². The molecule has 4 aromatic rings. The highest BCUT2D eigenvalue weighted by Gasteiger charge is 2.09. The van der Waals surface area contributed by atoms with Crippen molar-refractivity contribution in [3.05, 3.63) is 91.4 Å². The quantitative estimate of drug-likeness (QED) is 0.552. The molecule has 3 heteroatoms. The fraction of sp³-hybridized carbons (Fsp3) is 0. The largest absolute Gasteiger partial charge is 0.256 e. The van der Waals surface area contributed by atoms with Crippen LogP contribution >= 0.6 is 0 Å². The molecule has 0 N–H and O–H groups in total. The number of hydrogen-bond donors (Lipinski definition) is 0. The minimum Gasteiger partial charge on any atom is -0.256 e. The van der Waals surface area contributed by atoms with Crippen LogP contribution in [0.25, 0.3) is 33.8 Å². The number of nitrogens with zero attached hydrogens (tertiary/aromatic N) is 3. The van der Waals surface area contributed by atoms with Crippen molar-refractivity contribution in [1.29, 1.82) is 0 Å². The van der Waals surface area contributed by atoms with E-state index in [1.54, 1.807) is 18.6 Å². The van der Waals surface area contributed by atoms with Crippen LogP contribution in [0.1, 0.15) is 0 Å². The molecule has 3 nitrogen and oxygen atoms in total. The molecule has 0 saturated carbocycles. The summed E-state index contributed by atoms with van der Waals surface area (Å²) in [4.78, 5) is 13.4. The number of hydrogen-bond acceptors (Lipinski definition) is 3. The van der Waals surface area contributed by atoms with Gasteiger partial charge in [-0.3, -0.25) is 15.0 Å². The van der Waals surface area contributed by atoms with Gasteiger partial charge in [-0.05, 0) is 48.5 Å². The molecule has 0 atom stereocenters. The molecule has 0 bridgehead atoms. The maximum atomic E-state index is 4.46. The second-order valence-electron chi connectivity index (χ2n) is 5.34. The third-order valence-corrected chi connectivity index (χ3v) is 3.71. The zero-order valence-corrected chi connectivity index (χ0v) is 12.9. The average molecular weight is 308 g/mol. The van der Waals surface area contributed by atoms with Crippen molar-refractivity contribution in [2.75, 3.05) is 0 Å². The Morgan fingerprint density at radius 2 is 1.00 bits per heavy atom. The van der Waals surface area contributed by atoms with E-state index in [2.05, 4.69) is 33.2 Å². The first-order chi connectivity index (χ1) is 11.9. The Hall–Kier alpha value is -3.33. The van der Waals surface area contributed by atoms with Gasteiger partial charge in [0.25, 0.3) is 0 Å². The molecule has 0 aliphatic rings. The molecule has 0 aliphatic carbocycles. The first-order valence-corrected chi connectivity index (χ1v) is 7.72. The Labute approximate surface area is 140 Å². The third kappa shape index (κ3) is 2.92. The van der Waals surface area contributed by atoms with E-state index >= 15 is 0 Å². The van der Waals surface area contributed by atoms with Crippen LogP contribution in [0.4, 0.5) is 0 Å². The van der Waals surface area contributed by atoms with Crippen LogP contribution in [-0.4, -0.2) is 15.0 Å². The average Bonchev–Trinajstić information content (AvgIpc) is 2.70. The van der Waals surface area contributed by atoms with Crippen LogP contribution in [0.3, 0.4) is 0 Å². The van der Waals surface area contributed by atoms with Gasteiger partial charge in [0.05, 0.1) is 17.1 Å². The molecule has 3 aromatic heterocycles. The van der Waals surface area contributed by atoms with E-state index in [1.165, 1.54) is 0 Å². The highest BCUT2D eigenvalue weighted by molar-refractivity contribution is 5.77. The number of benzene rings is 1. The molecule has 1 radical (unpaired) electrons. The molecule has 0 saturated heterocycles. The fourth-order valence-corrected chi connectivity index (χ4v) is 2.57. The Balaban J connectivity index is 1.92. The fourth-order valence-electron chi connectivity index (χ4n) is 2.57. The van der Waals surface area contributed by atoms with Crippen molar-refractivity contribution in [1.82, 2.24) is 15.0 Å². The molecule has 0 amide bonds. The molecule has 24 heavy (non-hydrogen) atoms. The predicted octanol–water partition coefficient (Wildman–Crippen LogP) is 4.67. The van der Waals surface area contributed by atoms with E-state index in [0.29, 0.717) is 0 Å². The second kappa shape index (κ2) is 6.42. The van der Waals surface area contributed by atoms with Crippen molar-refractivity contribution >= 4 is 0 Å². The van der Waals surface area contributed by atoms with E-state index in [4.69, 9.17) is 0 Å². The zero-order valence-electron chi connectivity index (χ0n) is 12.9. The summed E-state index contributed by atoms with van der Waals surface area (Å²) in [5.41, 5.74) is 5.57. The first-order valence-electron chi connectivity index (χ1n) is 7.72. The van der Waals surface area contributed by atoms with Gasteiger partial charge in [-0.2, -0.15) is 0 Å². The topological polar surface area (TPSA) is 38.7 Å². The van der Waals surface area contributed by atoms with Gasteiger partial charge in [-0.15, -0.1) is 0 Å². The number of aromatic nitrogens is 3. The van der Waals surface area contributed by atoms with Gasteiger partial charge in [0.1, 0.15) is 0 Å². The Bertz CT molecular complexity index is 797. The molecule has 0 spiro atoms. The summed E-state index contributed by atoms with van der Waals surface area (Å²) >= 11 is 0. The normalized spacial score (nSPS) is 10.5. The minimum atomic E-state index is 0.882. The van der Waals surface area contributed by atoms with Crippen LogP contribution in [0.2, 0.25) is 0 Å². The number of pyridine rings is 3. The van der Waals surface area contributed by atoms with Crippen LogP contribution < -0.4 is 0 Å². The summed E-state index contributed by atoms with van der Waals surface area (Å²) in [6, 6.07) is 25.2. The van der Waals surface area contributed by atoms with Gasteiger partial charge in [0, 0.05) is 41.3 Å². The van der Waals surface area contributed by atoms with Gasteiger partial charge >= 0.3 is 0 Å². The smallest absolute Gasteiger partial charge is 0.0708 e. The summed E-state index contributed by atoms with van der Waals surface area (Å²) in [7, 11) is 0. The lowest BCUT2D eigenvalue weighted by molar-refractivity contribution is 1.29. The lowest BCUT2D eigenvalue weighted by Gasteiger charge is -2.09. The van der Waals surface area contributed by atoms with Crippen molar-refractivity contribution < 1.29 is 0 Å². The maximum Gasteiger partial charge on any atom is 0.0708 e. The van der Waals surface area contributed by atoms with Crippen LogP contribution in [0, 0.1) is 6.07 Å². The molecule has 3 heterocycles. The molecule has 0 fully saturated rings. The van der Waals surface area contributed by atoms with E-state index in [-0.39, 0.29) is 0 Å². The summed E-state index contributed by atoms with van der Waals surface area (Å²) in [5, 5.41) is 0. The monoisotopic (exact) mass is 308 g/mol.